The van der Waals surface area contributed by atoms with E-state index in [0.29, 0.717) is 24.0 Å². The highest BCUT2D eigenvalue weighted by atomic mass is 16.4. The highest BCUT2D eigenvalue weighted by molar-refractivity contribution is 5.87. The Kier molecular flexibility index (Phi) is 4.25. The summed E-state index contributed by atoms with van der Waals surface area (Å²) in [6.45, 7) is 4.09. The molecule has 3 saturated carbocycles. The van der Waals surface area contributed by atoms with Crippen LogP contribution < -0.4 is 0 Å². The molecule has 0 aromatic carbocycles. The van der Waals surface area contributed by atoms with Gasteiger partial charge in [-0.05, 0) is 61.2 Å². The van der Waals surface area contributed by atoms with Gasteiger partial charge < -0.3 is 10.2 Å². The highest BCUT2D eigenvalue weighted by Crippen LogP contribution is 2.64. The molecule has 0 unspecified atom stereocenters. The number of carboxylic acid groups (broad SMARTS) is 2. The van der Waals surface area contributed by atoms with Crippen molar-refractivity contribution >= 4 is 17.7 Å². The molecule has 0 spiro atoms. The van der Waals surface area contributed by atoms with E-state index in [2.05, 4.69) is 6.92 Å². The van der Waals surface area contributed by atoms with Crippen molar-refractivity contribution in [3.05, 3.63) is 0 Å². The maximum absolute atomic E-state index is 12.4. The molecule has 3 aliphatic carbocycles. The van der Waals surface area contributed by atoms with E-state index in [1.54, 1.807) is 0 Å². The summed E-state index contributed by atoms with van der Waals surface area (Å²) in [4.78, 5) is 35.2. The van der Waals surface area contributed by atoms with Gasteiger partial charge in [-0.1, -0.05) is 13.8 Å². The monoisotopic (exact) mass is 336 g/mol. The fourth-order valence-corrected chi connectivity index (χ4v) is 6.45. The van der Waals surface area contributed by atoms with Crippen molar-refractivity contribution in [2.24, 2.45) is 34.5 Å². The lowest BCUT2D eigenvalue weighted by Gasteiger charge is -2.57. The van der Waals surface area contributed by atoms with Crippen molar-refractivity contribution in [1.82, 2.24) is 0 Å². The predicted molar refractivity (Wildman–Crippen MR) is 87.4 cm³/mol. The standard InChI is InChI=1S/C19H28O5/c1-18-8-7-14-12(13(18)5-6-15(18)20)4-3-11(9-16(21)22)19(14,2)10-17(23)24/h11-14H,3-10H2,1-2H3,(H,21,22)(H,23,24)/t11-,12-,13-,14+,18-,19-/m0/s1. The van der Waals surface area contributed by atoms with Crippen molar-refractivity contribution in [2.75, 3.05) is 0 Å². The molecule has 0 aromatic rings. The summed E-state index contributed by atoms with van der Waals surface area (Å²) in [6, 6.07) is 0. The van der Waals surface area contributed by atoms with Gasteiger partial charge in [-0.3, -0.25) is 14.4 Å². The minimum absolute atomic E-state index is 0.0312. The number of carboxylic acids is 2. The molecule has 2 N–H and O–H groups in total. The number of fused-ring (bicyclic) bond motifs is 3. The molecule has 5 nitrogen and oxygen atoms in total. The highest BCUT2D eigenvalue weighted by Gasteiger charge is 2.60. The molecule has 0 radical (unpaired) electrons. The van der Waals surface area contributed by atoms with Gasteiger partial charge in [0.1, 0.15) is 5.78 Å². The molecule has 6 atom stereocenters. The first-order valence-corrected chi connectivity index (χ1v) is 9.15. The third kappa shape index (κ3) is 2.56. The Morgan fingerprint density at radius 1 is 1.04 bits per heavy atom. The third-order valence-electron chi connectivity index (χ3n) is 7.73. The molecule has 5 heteroatoms. The van der Waals surface area contributed by atoms with E-state index in [-0.39, 0.29) is 30.1 Å². The molecule has 0 heterocycles. The van der Waals surface area contributed by atoms with Crippen LogP contribution in [0.5, 0.6) is 0 Å². The van der Waals surface area contributed by atoms with E-state index in [0.717, 1.165) is 32.1 Å². The van der Waals surface area contributed by atoms with E-state index in [9.17, 15) is 24.6 Å². The SMILES string of the molecule is C[C@]1(CC(=O)O)[C@H](CC(=O)O)CC[C@@H]2[C@H]1CC[C@]1(C)C(=O)CC[C@@H]21. The van der Waals surface area contributed by atoms with Crippen LogP contribution in [0.1, 0.15) is 65.2 Å². The lowest BCUT2D eigenvalue weighted by molar-refractivity contribution is -0.156. The second-order valence-corrected chi connectivity index (χ2v) is 8.74. The molecular formula is C19H28O5. The van der Waals surface area contributed by atoms with Gasteiger partial charge in [-0.25, -0.2) is 0 Å². The number of aliphatic carboxylic acids is 2. The Hall–Kier alpha value is -1.39. The topological polar surface area (TPSA) is 91.7 Å². The summed E-state index contributed by atoms with van der Waals surface area (Å²) in [5.41, 5.74) is -0.717. The fourth-order valence-electron chi connectivity index (χ4n) is 6.45. The molecule has 0 amide bonds. The van der Waals surface area contributed by atoms with Crippen molar-refractivity contribution in [3.8, 4) is 0 Å². The molecular weight excluding hydrogens is 308 g/mol. The van der Waals surface area contributed by atoms with Gasteiger partial charge in [0.05, 0.1) is 6.42 Å². The molecule has 0 bridgehead atoms. The van der Waals surface area contributed by atoms with Gasteiger partial charge in [-0.15, -0.1) is 0 Å². The summed E-state index contributed by atoms with van der Waals surface area (Å²) < 4.78 is 0. The molecule has 0 aromatic heterocycles. The summed E-state index contributed by atoms with van der Waals surface area (Å²) >= 11 is 0. The van der Waals surface area contributed by atoms with E-state index in [1.165, 1.54) is 0 Å². The van der Waals surface area contributed by atoms with Crippen LogP contribution in [0, 0.1) is 34.5 Å². The van der Waals surface area contributed by atoms with E-state index in [1.807, 2.05) is 6.92 Å². The Labute approximate surface area is 142 Å². The van der Waals surface area contributed by atoms with Gasteiger partial charge in [0.15, 0.2) is 0 Å². The maximum atomic E-state index is 12.4. The smallest absolute Gasteiger partial charge is 0.303 e. The number of carbonyl (C=O) groups is 3. The third-order valence-corrected chi connectivity index (χ3v) is 7.73. The van der Waals surface area contributed by atoms with Gasteiger partial charge in [0, 0.05) is 18.3 Å². The average molecular weight is 336 g/mol. The largest absolute Gasteiger partial charge is 0.481 e. The first-order chi connectivity index (χ1) is 11.2. The zero-order chi connectivity index (χ0) is 17.7. The maximum Gasteiger partial charge on any atom is 0.303 e. The summed E-state index contributed by atoms with van der Waals surface area (Å²) in [6.07, 6.45) is 5.03. The number of rotatable bonds is 4. The molecule has 134 valence electrons. The Bertz CT molecular complexity index is 570. The van der Waals surface area contributed by atoms with Crippen LogP contribution in [0.15, 0.2) is 0 Å². The van der Waals surface area contributed by atoms with Crippen molar-refractivity contribution in [3.63, 3.8) is 0 Å². The van der Waals surface area contributed by atoms with Gasteiger partial charge in [0.25, 0.3) is 0 Å². The molecule has 0 aliphatic heterocycles. The van der Waals surface area contributed by atoms with Crippen LogP contribution in [0.2, 0.25) is 0 Å². The summed E-state index contributed by atoms with van der Waals surface area (Å²) in [7, 11) is 0. The van der Waals surface area contributed by atoms with Crippen molar-refractivity contribution in [2.45, 2.75) is 65.2 Å². The van der Waals surface area contributed by atoms with E-state index in [4.69, 9.17) is 0 Å². The molecule has 3 fully saturated rings. The molecule has 3 rings (SSSR count). The Morgan fingerprint density at radius 3 is 2.38 bits per heavy atom. The number of hydrogen-bond acceptors (Lipinski definition) is 3. The molecule has 0 saturated heterocycles. The van der Waals surface area contributed by atoms with Gasteiger partial charge in [-0.2, -0.15) is 0 Å². The summed E-state index contributed by atoms with van der Waals surface area (Å²) in [5.74, 6) is -0.466. The Balaban J connectivity index is 1.92. The second kappa shape index (κ2) is 5.85. The van der Waals surface area contributed by atoms with Crippen LogP contribution in [-0.4, -0.2) is 27.9 Å². The van der Waals surface area contributed by atoms with Crippen molar-refractivity contribution in [1.29, 1.82) is 0 Å². The van der Waals surface area contributed by atoms with E-state index >= 15 is 0 Å². The van der Waals surface area contributed by atoms with Gasteiger partial charge >= 0.3 is 11.9 Å². The average Bonchev–Trinajstić information content (AvgIpc) is 2.77. The van der Waals surface area contributed by atoms with Crippen LogP contribution in [-0.2, 0) is 14.4 Å². The Morgan fingerprint density at radius 2 is 1.75 bits per heavy atom. The summed E-state index contributed by atoms with van der Waals surface area (Å²) in [5, 5.41) is 18.7. The van der Waals surface area contributed by atoms with Crippen LogP contribution in [0.3, 0.4) is 0 Å². The number of Topliss-reactive ketones (excluding diaryl/α,β-unsaturated/α-hetero) is 1. The predicted octanol–water partition coefficient (Wildman–Crippen LogP) is 3.36. The van der Waals surface area contributed by atoms with Crippen LogP contribution in [0.25, 0.3) is 0 Å². The minimum atomic E-state index is -0.843. The lowest BCUT2D eigenvalue weighted by Crippen LogP contribution is -2.53. The lowest BCUT2D eigenvalue weighted by atomic mass is 9.46. The molecule has 24 heavy (non-hydrogen) atoms. The van der Waals surface area contributed by atoms with E-state index < -0.39 is 17.4 Å². The zero-order valence-corrected chi connectivity index (χ0v) is 14.6. The molecule has 3 aliphatic rings. The van der Waals surface area contributed by atoms with Crippen molar-refractivity contribution < 1.29 is 24.6 Å². The fraction of sp³-hybridized carbons (Fsp3) is 0.842. The number of ketones is 1. The normalized spacial score (nSPS) is 44.7. The minimum Gasteiger partial charge on any atom is -0.481 e. The first kappa shape index (κ1) is 17.4. The first-order valence-electron chi connectivity index (χ1n) is 9.15. The number of hydrogen-bond donors (Lipinski definition) is 2. The number of carbonyl (C=O) groups excluding carboxylic acids is 1. The van der Waals surface area contributed by atoms with Gasteiger partial charge in [0.2, 0.25) is 0 Å². The zero-order valence-electron chi connectivity index (χ0n) is 14.6. The van der Waals surface area contributed by atoms with Crippen LogP contribution in [0.4, 0.5) is 0 Å². The van der Waals surface area contributed by atoms with Crippen LogP contribution >= 0.6 is 0 Å². The quantitative estimate of drug-likeness (QED) is 0.821. The second-order valence-electron chi connectivity index (χ2n) is 8.74.